The van der Waals surface area contributed by atoms with E-state index in [1.807, 2.05) is 11.8 Å². The van der Waals surface area contributed by atoms with Gasteiger partial charge in [0.15, 0.2) is 0 Å². The van der Waals surface area contributed by atoms with Gasteiger partial charge in [-0.05, 0) is 24.7 Å². The molecule has 0 aromatic heterocycles. The Morgan fingerprint density at radius 1 is 1.33 bits per heavy atom. The fourth-order valence-electron chi connectivity index (χ4n) is 1.75. The average molecular weight is 313 g/mol. The molecule has 0 atom stereocenters. The summed E-state index contributed by atoms with van der Waals surface area (Å²) in [5.74, 6) is -0.224. The molecule has 0 saturated carbocycles. The van der Waals surface area contributed by atoms with Crippen molar-refractivity contribution in [2.75, 3.05) is 37.7 Å². The number of nitrogens with zero attached hydrogens (tertiary/aromatic N) is 1. The minimum Gasteiger partial charge on any atom is -0.397 e. The lowest BCUT2D eigenvalue weighted by molar-refractivity contribution is -0.122. The first-order chi connectivity index (χ1) is 9.96. The predicted molar refractivity (Wildman–Crippen MR) is 85.3 cm³/mol. The summed E-state index contributed by atoms with van der Waals surface area (Å²) in [6.45, 7) is 3.43. The number of carbonyl (C=O) groups excluding carboxylic acids is 2. The molecule has 0 saturated heterocycles. The predicted octanol–water partition coefficient (Wildman–Crippen LogP) is 1.32. The van der Waals surface area contributed by atoms with Crippen LogP contribution < -0.4 is 16.4 Å². The summed E-state index contributed by atoms with van der Waals surface area (Å²) in [6.07, 6.45) is 0.285. The number of benzene rings is 1. The quantitative estimate of drug-likeness (QED) is 0.663. The number of hydrogen-bond donors (Lipinski definition) is 3. The van der Waals surface area contributed by atoms with Crippen LogP contribution >= 0.6 is 11.6 Å². The summed E-state index contributed by atoms with van der Waals surface area (Å²) in [6, 6.07) is 4.91. The van der Waals surface area contributed by atoms with E-state index >= 15 is 0 Å². The Bertz CT molecular complexity index is 508. The molecule has 0 fully saturated rings. The van der Waals surface area contributed by atoms with Crippen LogP contribution in [0.4, 0.5) is 11.4 Å². The fourth-order valence-corrected chi connectivity index (χ4v) is 1.93. The van der Waals surface area contributed by atoms with Gasteiger partial charge in [-0.2, -0.15) is 0 Å². The van der Waals surface area contributed by atoms with E-state index in [0.29, 0.717) is 29.5 Å². The highest BCUT2D eigenvalue weighted by atomic mass is 35.5. The van der Waals surface area contributed by atoms with Crippen molar-refractivity contribution in [1.82, 2.24) is 10.2 Å². The minimum atomic E-state index is -0.153. The maximum atomic E-state index is 11.9. The highest BCUT2D eigenvalue weighted by Crippen LogP contribution is 2.22. The van der Waals surface area contributed by atoms with E-state index < -0.39 is 0 Å². The van der Waals surface area contributed by atoms with Crippen LogP contribution in [0.2, 0.25) is 5.02 Å². The molecule has 0 bridgehead atoms. The van der Waals surface area contributed by atoms with E-state index in [-0.39, 0.29) is 24.8 Å². The fraction of sp³-hybridized carbons (Fsp3) is 0.429. The van der Waals surface area contributed by atoms with Gasteiger partial charge in [-0.15, -0.1) is 0 Å². The largest absolute Gasteiger partial charge is 0.397 e. The zero-order valence-corrected chi connectivity index (χ0v) is 13.0. The van der Waals surface area contributed by atoms with Crippen molar-refractivity contribution in [1.29, 1.82) is 0 Å². The molecule has 7 heteroatoms. The molecule has 0 heterocycles. The lowest BCUT2D eigenvalue weighted by atomic mass is 10.2. The van der Waals surface area contributed by atoms with Gasteiger partial charge >= 0.3 is 0 Å². The SMILES string of the molecule is CCN(CCC(=O)Nc1ccc(Cl)cc1N)CC(=O)NC. The number of carbonyl (C=O) groups is 2. The van der Waals surface area contributed by atoms with Crippen LogP contribution in [0.3, 0.4) is 0 Å². The number of nitrogens with one attached hydrogen (secondary N) is 2. The van der Waals surface area contributed by atoms with Gasteiger partial charge in [0.25, 0.3) is 0 Å². The second-order valence-electron chi connectivity index (χ2n) is 4.57. The number of nitrogen functional groups attached to an aromatic ring is 1. The van der Waals surface area contributed by atoms with Crippen molar-refractivity contribution in [2.24, 2.45) is 0 Å². The summed E-state index contributed by atoms with van der Waals surface area (Å²) < 4.78 is 0. The zero-order valence-electron chi connectivity index (χ0n) is 12.3. The molecule has 1 aromatic carbocycles. The maximum absolute atomic E-state index is 11.9. The van der Waals surface area contributed by atoms with Gasteiger partial charge in [-0.3, -0.25) is 14.5 Å². The summed E-state index contributed by atoms with van der Waals surface area (Å²) in [5, 5.41) is 5.82. The zero-order chi connectivity index (χ0) is 15.8. The molecule has 2 amide bonds. The maximum Gasteiger partial charge on any atom is 0.233 e. The molecular weight excluding hydrogens is 292 g/mol. The molecule has 1 aromatic rings. The first kappa shape index (κ1) is 17.3. The summed E-state index contributed by atoms with van der Waals surface area (Å²) >= 11 is 5.80. The molecule has 0 aliphatic heterocycles. The summed E-state index contributed by atoms with van der Waals surface area (Å²) in [7, 11) is 1.59. The normalized spacial score (nSPS) is 10.5. The average Bonchev–Trinajstić information content (AvgIpc) is 2.46. The number of halogens is 1. The van der Waals surface area contributed by atoms with E-state index in [1.165, 1.54) is 0 Å². The van der Waals surface area contributed by atoms with E-state index in [0.717, 1.165) is 0 Å². The number of hydrogen-bond acceptors (Lipinski definition) is 4. The number of anilines is 2. The second-order valence-corrected chi connectivity index (χ2v) is 5.01. The lowest BCUT2D eigenvalue weighted by Gasteiger charge is -2.19. The van der Waals surface area contributed by atoms with Crippen LogP contribution in [0.25, 0.3) is 0 Å². The smallest absolute Gasteiger partial charge is 0.233 e. The van der Waals surface area contributed by atoms with Crippen molar-refractivity contribution in [2.45, 2.75) is 13.3 Å². The molecule has 0 spiro atoms. The third kappa shape index (κ3) is 6.01. The standard InChI is InChI=1S/C14H21ClN4O2/c1-3-19(9-14(21)17-2)7-6-13(20)18-12-5-4-10(15)8-11(12)16/h4-5,8H,3,6-7,9,16H2,1-2H3,(H,17,21)(H,18,20). The van der Waals surface area contributed by atoms with Crippen molar-refractivity contribution >= 4 is 34.8 Å². The van der Waals surface area contributed by atoms with Crippen LogP contribution in [0.5, 0.6) is 0 Å². The van der Waals surface area contributed by atoms with Crippen LogP contribution in [0.15, 0.2) is 18.2 Å². The van der Waals surface area contributed by atoms with Crippen LogP contribution in [0, 0.1) is 0 Å². The monoisotopic (exact) mass is 312 g/mol. The molecule has 6 nitrogen and oxygen atoms in total. The second kappa shape index (κ2) is 8.49. The Kier molecular flexibility index (Phi) is 6.98. The Balaban J connectivity index is 2.47. The summed E-state index contributed by atoms with van der Waals surface area (Å²) in [5.41, 5.74) is 6.74. The van der Waals surface area contributed by atoms with E-state index in [2.05, 4.69) is 10.6 Å². The van der Waals surface area contributed by atoms with Crippen molar-refractivity contribution in [3.05, 3.63) is 23.2 Å². The molecule has 1 rings (SSSR count). The van der Waals surface area contributed by atoms with Crippen molar-refractivity contribution in [3.63, 3.8) is 0 Å². The number of amides is 2. The highest BCUT2D eigenvalue weighted by Gasteiger charge is 2.11. The number of rotatable bonds is 7. The van der Waals surface area contributed by atoms with Gasteiger partial charge in [-0.1, -0.05) is 18.5 Å². The molecule has 0 radical (unpaired) electrons. The molecule has 116 valence electrons. The molecule has 0 unspecified atom stereocenters. The van der Waals surface area contributed by atoms with Gasteiger partial charge in [-0.25, -0.2) is 0 Å². The van der Waals surface area contributed by atoms with Crippen LogP contribution in [0.1, 0.15) is 13.3 Å². The molecule has 0 aliphatic carbocycles. The lowest BCUT2D eigenvalue weighted by Crippen LogP contribution is -2.37. The van der Waals surface area contributed by atoms with Crippen LogP contribution in [-0.2, 0) is 9.59 Å². The first-order valence-corrected chi connectivity index (χ1v) is 7.11. The van der Waals surface area contributed by atoms with Crippen LogP contribution in [-0.4, -0.2) is 43.4 Å². The number of likely N-dealkylation sites (N-methyl/N-ethyl adjacent to an activating group) is 2. The van der Waals surface area contributed by atoms with Gasteiger partial charge in [0, 0.05) is 25.0 Å². The summed E-state index contributed by atoms with van der Waals surface area (Å²) in [4.78, 5) is 25.1. The Morgan fingerprint density at radius 3 is 2.62 bits per heavy atom. The first-order valence-electron chi connectivity index (χ1n) is 6.74. The Labute approximate surface area is 129 Å². The van der Waals surface area contributed by atoms with Gasteiger partial charge in [0.05, 0.1) is 17.9 Å². The third-order valence-electron chi connectivity index (χ3n) is 3.04. The Hall–Kier alpha value is -1.79. The highest BCUT2D eigenvalue weighted by molar-refractivity contribution is 6.31. The van der Waals surface area contributed by atoms with E-state index in [9.17, 15) is 9.59 Å². The molecule has 0 aliphatic rings. The Morgan fingerprint density at radius 2 is 2.05 bits per heavy atom. The van der Waals surface area contributed by atoms with E-state index in [1.54, 1.807) is 25.2 Å². The van der Waals surface area contributed by atoms with Gasteiger partial charge in [0.2, 0.25) is 11.8 Å². The van der Waals surface area contributed by atoms with Gasteiger partial charge < -0.3 is 16.4 Å². The van der Waals surface area contributed by atoms with Crippen molar-refractivity contribution < 1.29 is 9.59 Å². The molecular formula is C14H21ClN4O2. The van der Waals surface area contributed by atoms with Gasteiger partial charge in [0.1, 0.15) is 0 Å². The van der Waals surface area contributed by atoms with E-state index in [4.69, 9.17) is 17.3 Å². The minimum absolute atomic E-state index is 0.0702. The number of nitrogens with two attached hydrogens (primary N) is 1. The van der Waals surface area contributed by atoms with Crippen molar-refractivity contribution in [3.8, 4) is 0 Å². The third-order valence-corrected chi connectivity index (χ3v) is 3.27. The molecule has 21 heavy (non-hydrogen) atoms. The molecule has 4 N–H and O–H groups in total. The topological polar surface area (TPSA) is 87.5 Å².